The van der Waals surface area contributed by atoms with Gasteiger partial charge < -0.3 is 15.4 Å². The van der Waals surface area contributed by atoms with Crippen LogP contribution in [0.3, 0.4) is 0 Å². The molecule has 0 bridgehead atoms. The highest BCUT2D eigenvalue weighted by molar-refractivity contribution is 9.10. The van der Waals surface area contributed by atoms with Crippen LogP contribution in [0.15, 0.2) is 70.5 Å². The Labute approximate surface area is 175 Å². The first kappa shape index (κ1) is 20.1. The number of carbonyl (C=O) groups is 2. The van der Waals surface area contributed by atoms with Crippen molar-refractivity contribution >= 4 is 50.5 Å². The number of benzene rings is 2. The smallest absolute Gasteiger partial charge is 0.265 e. The van der Waals surface area contributed by atoms with Gasteiger partial charge in [-0.1, -0.05) is 34.1 Å². The highest BCUT2D eigenvalue weighted by Gasteiger charge is 2.08. The molecule has 144 valence electrons. The summed E-state index contributed by atoms with van der Waals surface area (Å²) in [6.07, 6.45) is 0.951. The van der Waals surface area contributed by atoms with Crippen LogP contribution >= 0.6 is 27.3 Å². The Morgan fingerprint density at radius 2 is 1.75 bits per heavy atom. The van der Waals surface area contributed by atoms with Gasteiger partial charge in [0.2, 0.25) is 5.91 Å². The summed E-state index contributed by atoms with van der Waals surface area (Å²) >= 11 is 4.77. The van der Waals surface area contributed by atoms with Crippen molar-refractivity contribution in [2.45, 2.75) is 12.8 Å². The third-order valence-corrected chi connectivity index (χ3v) is 5.12. The number of nitrogens with one attached hydrogen (secondary N) is 2. The minimum atomic E-state index is -0.164. The second-order valence-electron chi connectivity index (χ2n) is 5.97. The lowest BCUT2D eigenvalue weighted by Crippen LogP contribution is -2.14. The first-order valence-corrected chi connectivity index (χ1v) is 10.4. The van der Waals surface area contributed by atoms with Crippen LogP contribution in [-0.2, 0) is 4.79 Å². The van der Waals surface area contributed by atoms with Crippen LogP contribution in [-0.4, -0.2) is 18.4 Å². The molecule has 3 aromatic rings. The molecule has 5 nitrogen and oxygen atoms in total. The second-order valence-corrected chi connectivity index (χ2v) is 7.83. The molecule has 2 N–H and O–H groups in total. The van der Waals surface area contributed by atoms with Crippen LogP contribution < -0.4 is 15.4 Å². The van der Waals surface area contributed by atoms with Crippen molar-refractivity contribution in [3.8, 4) is 5.75 Å². The number of rotatable bonds is 8. The van der Waals surface area contributed by atoms with E-state index in [4.69, 9.17) is 4.74 Å². The van der Waals surface area contributed by atoms with Gasteiger partial charge >= 0.3 is 0 Å². The van der Waals surface area contributed by atoms with Crippen molar-refractivity contribution < 1.29 is 14.3 Å². The van der Waals surface area contributed by atoms with Gasteiger partial charge in [0.25, 0.3) is 5.91 Å². The van der Waals surface area contributed by atoms with E-state index in [9.17, 15) is 9.59 Å². The van der Waals surface area contributed by atoms with E-state index in [2.05, 4.69) is 26.6 Å². The number of ether oxygens (including phenoxy) is 1. The molecule has 0 saturated heterocycles. The first-order chi connectivity index (χ1) is 13.6. The van der Waals surface area contributed by atoms with Gasteiger partial charge in [-0.15, -0.1) is 11.3 Å². The molecule has 0 spiro atoms. The Morgan fingerprint density at radius 1 is 0.964 bits per heavy atom. The van der Waals surface area contributed by atoms with Crippen molar-refractivity contribution in [3.05, 3.63) is 75.4 Å². The topological polar surface area (TPSA) is 67.4 Å². The van der Waals surface area contributed by atoms with E-state index in [1.165, 1.54) is 11.3 Å². The van der Waals surface area contributed by atoms with E-state index < -0.39 is 0 Å². The lowest BCUT2D eigenvalue weighted by Gasteiger charge is -2.09. The van der Waals surface area contributed by atoms with Crippen LogP contribution in [0.1, 0.15) is 22.5 Å². The Balaban J connectivity index is 1.44. The molecule has 7 heteroatoms. The second kappa shape index (κ2) is 10.1. The van der Waals surface area contributed by atoms with Crippen LogP contribution in [0.2, 0.25) is 0 Å². The number of thiophene rings is 1. The summed E-state index contributed by atoms with van der Waals surface area (Å²) in [7, 11) is 0. The van der Waals surface area contributed by atoms with Gasteiger partial charge in [0, 0.05) is 22.3 Å². The Kier molecular flexibility index (Phi) is 7.22. The van der Waals surface area contributed by atoms with Gasteiger partial charge in [0.05, 0.1) is 11.5 Å². The highest BCUT2D eigenvalue weighted by Crippen LogP contribution is 2.19. The van der Waals surface area contributed by atoms with Gasteiger partial charge in [-0.05, 0) is 54.3 Å². The maximum absolute atomic E-state index is 12.1. The zero-order chi connectivity index (χ0) is 19.8. The zero-order valence-electron chi connectivity index (χ0n) is 15.0. The van der Waals surface area contributed by atoms with E-state index in [1.54, 1.807) is 30.3 Å². The summed E-state index contributed by atoms with van der Waals surface area (Å²) < 4.78 is 6.58. The molecule has 0 atom stereocenters. The highest BCUT2D eigenvalue weighted by atomic mass is 79.9. The molecule has 0 aliphatic heterocycles. The summed E-state index contributed by atoms with van der Waals surface area (Å²) in [5.74, 6) is 0.506. The SMILES string of the molecule is O=C(CCCOc1cccc(Br)c1)Nc1cccc(NC(=O)c2cccs2)c1. The molecule has 0 fully saturated rings. The van der Waals surface area contributed by atoms with Crippen molar-refractivity contribution in [2.24, 2.45) is 0 Å². The Hall–Kier alpha value is -2.64. The largest absolute Gasteiger partial charge is 0.494 e. The summed E-state index contributed by atoms with van der Waals surface area (Å²) in [4.78, 5) is 24.9. The molecule has 0 aliphatic rings. The molecule has 0 unspecified atom stereocenters. The van der Waals surface area contributed by atoms with Crippen molar-refractivity contribution in [1.29, 1.82) is 0 Å². The van der Waals surface area contributed by atoms with Crippen LogP contribution in [0.5, 0.6) is 5.75 Å². The van der Waals surface area contributed by atoms with Crippen molar-refractivity contribution in [2.75, 3.05) is 17.2 Å². The molecular formula is C21H19BrN2O3S. The van der Waals surface area contributed by atoms with Gasteiger partial charge in [-0.25, -0.2) is 0 Å². The fourth-order valence-corrected chi connectivity index (χ4v) is 3.48. The summed E-state index contributed by atoms with van der Waals surface area (Å²) in [6, 6.07) is 18.3. The third kappa shape index (κ3) is 6.21. The number of halogens is 1. The lowest BCUT2D eigenvalue weighted by atomic mass is 10.2. The molecule has 2 aromatic carbocycles. The number of anilines is 2. The first-order valence-electron chi connectivity index (χ1n) is 8.73. The van der Waals surface area contributed by atoms with E-state index in [-0.39, 0.29) is 11.8 Å². The molecule has 0 radical (unpaired) electrons. The molecular weight excluding hydrogens is 440 g/mol. The minimum Gasteiger partial charge on any atom is -0.494 e. The minimum absolute atomic E-state index is 0.0976. The molecule has 1 aromatic heterocycles. The molecule has 3 rings (SSSR count). The van der Waals surface area contributed by atoms with Crippen LogP contribution in [0, 0.1) is 0 Å². The zero-order valence-corrected chi connectivity index (χ0v) is 17.4. The van der Waals surface area contributed by atoms with E-state index in [0.29, 0.717) is 35.7 Å². The van der Waals surface area contributed by atoms with Crippen LogP contribution in [0.4, 0.5) is 11.4 Å². The standard InChI is InChI=1S/C21H19BrN2O3S/c22-15-5-1-8-18(13-15)27-11-3-10-20(25)23-16-6-2-7-17(14-16)24-21(26)19-9-4-12-28-19/h1-2,4-9,12-14H,3,10-11H2,(H,23,25)(H,24,26). The molecule has 0 saturated carbocycles. The van der Waals surface area contributed by atoms with Crippen molar-refractivity contribution in [3.63, 3.8) is 0 Å². The number of hydrogen-bond donors (Lipinski definition) is 2. The normalized spacial score (nSPS) is 10.3. The van der Waals surface area contributed by atoms with E-state index in [0.717, 1.165) is 10.2 Å². The average molecular weight is 459 g/mol. The quantitative estimate of drug-likeness (QED) is 0.434. The Bertz CT molecular complexity index is 944. The van der Waals surface area contributed by atoms with E-state index >= 15 is 0 Å². The monoisotopic (exact) mass is 458 g/mol. The summed E-state index contributed by atoms with van der Waals surface area (Å²) in [5.41, 5.74) is 1.27. The van der Waals surface area contributed by atoms with Crippen molar-refractivity contribution in [1.82, 2.24) is 0 Å². The summed E-state index contributed by atoms with van der Waals surface area (Å²) in [6.45, 7) is 0.459. The van der Waals surface area contributed by atoms with Gasteiger partial charge in [-0.3, -0.25) is 9.59 Å². The molecule has 2 amide bonds. The average Bonchev–Trinajstić information content (AvgIpc) is 3.21. The number of carbonyl (C=O) groups excluding carboxylic acids is 2. The number of amides is 2. The summed E-state index contributed by atoms with van der Waals surface area (Å²) in [5, 5.41) is 7.53. The van der Waals surface area contributed by atoms with Gasteiger partial charge in [0.15, 0.2) is 0 Å². The predicted octanol–water partition coefficient (Wildman–Crippen LogP) is 5.56. The molecule has 0 aliphatic carbocycles. The van der Waals surface area contributed by atoms with Crippen LogP contribution in [0.25, 0.3) is 0 Å². The fourth-order valence-electron chi connectivity index (χ4n) is 2.48. The van der Waals surface area contributed by atoms with Gasteiger partial charge in [0.1, 0.15) is 5.75 Å². The van der Waals surface area contributed by atoms with E-state index in [1.807, 2.05) is 35.7 Å². The maximum Gasteiger partial charge on any atom is 0.265 e. The lowest BCUT2D eigenvalue weighted by molar-refractivity contribution is -0.116. The maximum atomic E-state index is 12.1. The molecule has 28 heavy (non-hydrogen) atoms. The Morgan fingerprint density at radius 3 is 2.50 bits per heavy atom. The third-order valence-electron chi connectivity index (χ3n) is 3.76. The number of hydrogen-bond acceptors (Lipinski definition) is 4. The predicted molar refractivity (Wildman–Crippen MR) is 116 cm³/mol. The van der Waals surface area contributed by atoms with Gasteiger partial charge in [-0.2, -0.15) is 0 Å². The molecule has 1 heterocycles. The fraction of sp³-hybridized carbons (Fsp3) is 0.143.